The molecule has 0 bridgehead atoms. The zero-order valence-electron chi connectivity index (χ0n) is 6.07. The summed E-state index contributed by atoms with van der Waals surface area (Å²) in [5, 5.41) is 28.3. The van der Waals surface area contributed by atoms with E-state index < -0.39 is 18.2 Å². The number of rotatable bonds is 3. The van der Waals surface area contributed by atoms with E-state index in [0.29, 0.717) is 0 Å². The van der Waals surface area contributed by atoms with Crippen LogP contribution in [0.1, 0.15) is 13.8 Å². The van der Waals surface area contributed by atoms with E-state index in [9.17, 15) is 0 Å². The molecule has 1 unspecified atom stereocenters. The van der Waals surface area contributed by atoms with Gasteiger partial charge in [-0.25, -0.2) is 0 Å². The van der Waals surface area contributed by atoms with Crippen molar-refractivity contribution in [1.29, 1.82) is 0 Å². The van der Waals surface area contributed by atoms with Gasteiger partial charge in [0.25, 0.3) is 0 Å². The van der Waals surface area contributed by atoms with Crippen LogP contribution in [0.5, 0.6) is 0 Å². The van der Waals surface area contributed by atoms with Gasteiger partial charge in [-0.3, -0.25) is 5.32 Å². The van der Waals surface area contributed by atoms with Gasteiger partial charge in [0.05, 0.1) is 0 Å². The second kappa shape index (κ2) is 3.27. The fourth-order valence-electron chi connectivity index (χ4n) is 0.482. The fraction of sp³-hybridized carbons (Fsp3) is 1.00. The Hall–Kier alpha value is -0.200. The second-order valence-corrected chi connectivity index (χ2v) is 2.64. The molecule has 62 valence electrons. The Balaban J connectivity index is 3.68. The molecule has 0 aromatic rings. The lowest BCUT2D eigenvalue weighted by Crippen LogP contribution is -2.55. The minimum absolute atomic E-state index is 1.03. The van der Waals surface area contributed by atoms with E-state index in [1.165, 1.54) is 13.8 Å². The van der Waals surface area contributed by atoms with Crippen LogP contribution in [0.15, 0.2) is 0 Å². The van der Waals surface area contributed by atoms with Gasteiger partial charge in [-0.1, -0.05) is 0 Å². The van der Waals surface area contributed by atoms with Crippen LogP contribution in [-0.2, 0) is 0 Å². The molecule has 0 aliphatic carbocycles. The Morgan fingerprint density at radius 2 is 1.80 bits per heavy atom. The molecule has 0 rings (SSSR count). The Labute approximate surface area is 59.5 Å². The third kappa shape index (κ3) is 4.66. The molecule has 0 aromatic carbocycles. The molecule has 0 aliphatic rings. The Bertz CT molecular complexity index is 99.6. The van der Waals surface area contributed by atoms with E-state index in [1.807, 2.05) is 0 Å². The normalized spacial score (nSPS) is 15.9. The average Bonchev–Trinajstić information content (AvgIpc) is 1.60. The molecule has 0 saturated carbocycles. The maximum atomic E-state index is 9.02. The maximum Gasteiger partial charge on any atom is 0.180 e. The summed E-state index contributed by atoms with van der Waals surface area (Å²) in [6, 6.07) is 0. The van der Waals surface area contributed by atoms with Gasteiger partial charge in [0, 0.05) is 0 Å². The van der Waals surface area contributed by atoms with Crippen LogP contribution in [0.2, 0.25) is 0 Å². The summed E-state index contributed by atoms with van der Waals surface area (Å²) in [4.78, 5) is 0. The minimum atomic E-state index is -1.66. The van der Waals surface area contributed by atoms with Crippen LogP contribution in [0, 0.1) is 0 Å². The molecular formula is C5H14N2O3. The zero-order valence-corrected chi connectivity index (χ0v) is 6.07. The number of nitrogens with one attached hydrogen (secondary N) is 1. The molecule has 0 fully saturated rings. The van der Waals surface area contributed by atoms with Gasteiger partial charge < -0.3 is 21.1 Å². The molecule has 0 aliphatic heterocycles. The highest BCUT2D eigenvalue weighted by Gasteiger charge is 2.19. The van der Waals surface area contributed by atoms with Crippen LogP contribution in [0.25, 0.3) is 0 Å². The van der Waals surface area contributed by atoms with Gasteiger partial charge in [0.2, 0.25) is 0 Å². The van der Waals surface area contributed by atoms with E-state index in [4.69, 9.17) is 21.1 Å². The topological polar surface area (TPSA) is 98.7 Å². The predicted octanol–water partition coefficient (Wildman–Crippen LogP) is -2.10. The van der Waals surface area contributed by atoms with Gasteiger partial charge in [-0.05, 0) is 13.8 Å². The van der Waals surface area contributed by atoms with Crippen molar-refractivity contribution in [3.8, 4) is 0 Å². The van der Waals surface area contributed by atoms with Crippen molar-refractivity contribution in [2.45, 2.75) is 32.0 Å². The summed E-state index contributed by atoms with van der Waals surface area (Å²) >= 11 is 0. The molecular weight excluding hydrogens is 136 g/mol. The molecule has 10 heavy (non-hydrogen) atoms. The smallest absolute Gasteiger partial charge is 0.180 e. The molecule has 5 nitrogen and oxygen atoms in total. The van der Waals surface area contributed by atoms with Crippen molar-refractivity contribution in [2.75, 3.05) is 0 Å². The first-order valence-electron chi connectivity index (χ1n) is 2.95. The molecule has 0 heterocycles. The first-order valence-corrected chi connectivity index (χ1v) is 2.95. The summed E-state index contributed by atoms with van der Waals surface area (Å²) in [5.74, 6) is 0. The maximum absolute atomic E-state index is 9.02. The molecule has 1 atom stereocenters. The van der Waals surface area contributed by atoms with E-state index in [1.54, 1.807) is 0 Å². The lowest BCUT2D eigenvalue weighted by Gasteiger charge is -2.25. The van der Waals surface area contributed by atoms with Crippen molar-refractivity contribution < 1.29 is 15.3 Å². The number of hydrogen-bond acceptors (Lipinski definition) is 5. The van der Waals surface area contributed by atoms with Gasteiger partial charge in [0.1, 0.15) is 11.9 Å². The number of hydrogen-bond donors (Lipinski definition) is 5. The molecule has 6 N–H and O–H groups in total. The van der Waals surface area contributed by atoms with Gasteiger partial charge in [-0.2, -0.15) is 0 Å². The molecule has 0 spiro atoms. The number of nitrogens with two attached hydrogens (primary N) is 1. The largest absolute Gasteiger partial charge is 0.376 e. The van der Waals surface area contributed by atoms with Gasteiger partial charge in [0.15, 0.2) is 6.29 Å². The summed E-state index contributed by atoms with van der Waals surface area (Å²) < 4.78 is 0. The molecule has 0 radical (unpaired) electrons. The highest BCUT2D eigenvalue weighted by Crippen LogP contribution is 1.95. The first-order chi connectivity index (χ1) is 4.33. The third-order valence-electron chi connectivity index (χ3n) is 0.841. The van der Waals surface area contributed by atoms with Crippen molar-refractivity contribution in [3.05, 3.63) is 0 Å². The zero-order chi connectivity index (χ0) is 8.36. The Kier molecular flexibility index (Phi) is 3.20. The highest BCUT2D eigenvalue weighted by molar-refractivity contribution is 4.68. The summed E-state index contributed by atoms with van der Waals surface area (Å²) in [7, 11) is 0. The second-order valence-electron chi connectivity index (χ2n) is 2.64. The summed E-state index contributed by atoms with van der Waals surface area (Å²) in [6.07, 6.45) is -2.69. The highest BCUT2D eigenvalue weighted by atomic mass is 16.5. The third-order valence-corrected chi connectivity index (χ3v) is 0.841. The monoisotopic (exact) mass is 150 g/mol. The van der Waals surface area contributed by atoms with Crippen molar-refractivity contribution in [3.63, 3.8) is 0 Å². The van der Waals surface area contributed by atoms with Gasteiger partial charge in [-0.15, -0.1) is 0 Å². The lowest BCUT2D eigenvalue weighted by atomic mass is 10.3. The van der Waals surface area contributed by atoms with Crippen molar-refractivity contribution in [1.82, 2.24) is 5.32 Å². The van der Waals surface area contributed by atoms with Crippen LogP contribution in [-0.4, -0.2) is 33.5 Å². The number of aliphatic hydroxyl groups is 3. The average molecular weight is 150 g/mol. The van der Waals surface area contributed by atoms with Crippen molar-refractivity contribution in [2.24, 2.45) is 5.73 Å². The Morgan fingerprint density at radius 3 is 1.90 bits per heavy atom. The summed E-state index contributed by atoms with van der Waals surface area (Å²) in [6.45, 7) is 2.91. The van der Waals surface area contributed by atoms with E-state index in [0.717, 1.165) is 0 Å². The molecule has 0 aromatic heterocycles. The summed E-state index contributed by atoms with van der Waals surface area (Å²) in [5.41, 5.74) is 3.94. The van der Waals surface area contributed by atoms with Crippen molar-refractivity contribution >= 4 is 0 Å². The first kappa shape index (κ1) is 9.80. The lowest BCUT2D eigenvalue weighted by molar-refractivity contribution is -0.0899. The standard InChI is InChI=1S/C5H14N2O3/c1-5(2,10)7-3(6)4(8)9/h3-4,7-10H,6H2,1-2H3. The quantitative estimate of drug-likeness (QED) is 0.297. The molecule has 0 amide bonds. The molecule has 5 heteroatoms. The molecule has 0 saturated heterocycles. The van der Waals surface area contributed by atoms with E-state index >= 15 is 0 Å². The predicted molar refractivity (Wildman–Crippen MR) is 35.6 cm³/mol. The van der Waals surface area contributed by atoms with Crippen LogP contribution in [0.4, 0.5) is 0 Å². The van der Waals surface area contributed by atoms with Crippen LogP contribution >= 0.6 is 0 Å². The number of aliphatic hydroxyl groups excluding tert-OH is 1. The van der Waals surface area contributed by atoms with E-state index in [2.05, 4.69) is 5.32 Å². The Morgan fingerprint density at radius 1 is 1.40 bits per heavy atom. The fourth-order valence-corrected chi connectivity index (χ4v) is 0.482. The van der Waals surface area contributed by atoms with Gasteiger partial charge >= 0.3 is 0 Å². The van der Waals surface area contributed by atoms with Crippen LogP contribution < -0.4 is 11.1 Å². The van der Waals surface area contributed by atoms with Crippen LogP contribution in [0.3, 0.4) is 0 Å². The SMILES string of the molecule is CC(C)(O)NC(N)C(O)O. The minimum Gasteiger partial charge on any atom is -0.376 e. The van der Waals surface area contributed by atoms with E-state index in [-0.39, 0.29) is 0 Å².